The topological polar surface area (TPSA) is 29.1 Å². The Labute approximate surface area is 137 Å². The van der Waals surface area contributed by atoms with Gasteiger partial charge in [0.05, 0.1) is 5.92 Å². The molecule has 0 aliphatic heterocycles. The van der Waals surface area contributed by atoms with Gasteiger partial charge in [-0.1, -0.05) is 49.7 Å². The number of carbonyl (C=O) groups is 1. The molecular weight excluding hydrogens is 294 g/mol. The summed E-state index contributed by atoms with van der Waals surface area (Å²) in [5.74, 6) is 0.0227. The predicted octanol–water partition coefficient (Wildman–Crippen LogP) is 5.34. The van der Waals surface area contributed by atoms with Crippen molar-refractivity contribution in [1.29, 1.82) is 0 Å². The minimum absolute atomic E-state index is 0.0195. The van der Waals surface area contributed by atoms with Gasteiger partial charge in [0.2, 0.25) is 5.91 Å². The summed E-state index contributed by atoms with van der Waals surface area (Å²) in [6.45, 7) is 8.19. The highest BCUT2D eigenvalue weighted by Gasteiger charge is 2.24. The third-order valence-corrected chi connectivity index (χ3v) is 4.29. The summed E-state index contributed by atoms with van der Waals surface area (Å²) < 4.78 is 0. The number of carbonyl (C=O) groups excluding carboxylic acids is 1. The SMILES string of the molecule is Cc1cccc(NC(=O)[C@@H](c2ccc(Cl)cc2)C(C)C)c1C. The molecule has 1 N–H and O–H groups in total. The van der Waals surface area contributed by atoms with E-state index in [1.807, 2.05) is 56.3 Å². The van der Waals surface area contributed by atoms with Gasteiger partial charge >= 0.3 is 0 Å². The van der Waals surface area contributed by atoms with Gasteiger partial charge < -0.3 is 5.32 Å². The van der Waals surface area contributed by atoms with E-state index in [9.17, 15) is 4.79 Å². The number of nitrogens with one attached hydrogen (secondary N) is 1. The summed E-state index contributed by atoms with van der Waals surface area (Å²) in [4.78, 5) is 12.8. The Kier molecular flexibility index (Phi) is 5.25. The minimum Gasteiger partial charge on any atom is -0.325 e. The number of benzene rings is 2. The maximum Gasteiger partial charge on any atom is 0.232 e. The molecule has 0 fully saturated rings. The van der Waals surface area contributed by atoms with Crippen LogP contribution in [0.25, 0.3) is 0 Å². The van der Waals surface area contributed by atoms with Crippen LogP contribution in [-0.2, 0) is 4.79 Å². The van der Waals surface area contributed by atoms with Crippen LogP contribution >= 0.6 is 11.6 Å². The summed E-state index contributed by atoms with van der Waals surface area (Å²) >= 11 is 5.94. The number of anilines is 1. The van der Waals surface area contributed by atoms with Crippen LogP contribution in [0.1, 0.15) is 36.5 Å². The molecule has 3 heteroatoms. The van der Waals surface area contributed by atoms with Crippen LogP contribution in [0.5, 0.6) is 0 Å². The van der Waals surface area contributed by atoms with Crippen molar-refractivity contribution in [3.05, 3.63) is 64.2 Å². The normalized spacial score (nSPS) is 12.3. The van der Waals surface area contributed by atoms with Crippen molar-refractivity contribution >= 4 is 23.2 Å². The summed E-state index contributed by atoms with van der Waals surface area (Å²) in [6.07, 6.45) is 0. The van der Waals surface area contributed by atoms with Crippen LogP contribution in [0, 0.1) is 19.8 Å². The van der Waals surface area contributed by atoms with Crippen molar-refractivity contribution in [2.45, 2.75) is 33.6 Å². The predicted molar refractivity (Wildman–Crippen MR) is 93.6 cm³/mol. The number of halogens is 1. The van der Waals surface area contributed by atoms with Crippen LogP contribution in [0.3, 0.4) is 0 Å². The Morgan fingerprint density at radius 3 is 2.27 bits per heavy atom. The Bertz CT molecular complexity index is 662. The second-order valence-electron chi connectivity index (χ2n) is 6.01. The van der Waals surface area contributed by atoms with Crippen molar-refractivity contribution in [3.63, 3.8) is 0 Å². The zero-order valence-corrected chi connectivity index (χ0v) is 14.2. The molecule has 0 bridgehead atoms. The molecule has 0 spiro atoms. The molecule has 2 aromatic rings. The molecule has 0 aliphatic carbocycles. The number of amides is 1. The standard InChI is InChI=1S/C19H22ClNO/c1-12(2)18(15-8-10-16(20)11-9-15)19(22)21-17-7-5-6-13(3)14(17)4/h5-12,18H,1-4H3,(H,21,22)/t18-/m1/s1. The van der Waals surface area contributed by atoms with Crippen LogP contribution in [0.15, 0.2) is 42.5 Å². The molecule has 1 amide bonds. The lowest BCUT2D eigenvalue weighted by atomic mass is 9.87. The first-order chi connectivity index (χ1) is 10.4. The molecule has 0 heterocycles. The Hall–Kier alpha value is -1.80. The maximum absolute atomic E-state index is 12.8. The van der Waals surface area contributed by atoms with E-state index in [1.54, 1.807) is 0 Å². The van der Waals surface area contributed by atoms with E-state index in [4.69, 9.17) is 11.6 Å². The highest BCUT2D eigenvalue weighted by atomic mass is 35.5. The molecule has 22 heavy (non-hydrogen) atoms. The lowest BCUT2D eigenvalue weighted by Crippen LogP contribution is -2.25. The van der Waals surface area contributed by atoms with Crippen molar-refractivity contribution < 1.29 is 4.79 Å². The lowest BCUT2D eigenvalue weighted by Gasteiger charge is -2.22. The third-order valence-electron chi connectivity index (χ3n) is 4.04. The van der Waals surface area contributed by atoms with Gasteiger partial charge in [-0.3, -0.25) is 4.79 Å². The Morgan fingerprint density at radius 1 is 1.05 bits per heavy atom. The Morgan fingerprint density at radius 2 is 1.68 bits per heavy atom. The highest BCUT2D eigenvalue weighted by Crippen LogP contribution is 2.28. The molecular formula is C19H22ClNO. The molecule has 0 unspecified atom stereocenters. The molecule has 116 valence electrons. The van der Waals surface area contributed by atoms with Crippen molar-refractivity contribution in [2.75, 3.05) is 5.32 Å². The van der Waals surface area contributed by atoms with E-state index < -0.39 is 0 Å². The number of rotatable bonds is 4. The molecule has 0 radical (unpaired) electrons. The average molecular weight is 316 g/mol. The van der Waals surface area contributed by atoms with Crippen molar-refractivity contribution in [3.8, 4) is 0 Å². The molecule has 0 aromatic heterocycles. The fourth-order valence-corrected chi connectivity index (χ4v) is 2.73. The fraction of sp³-hybridized carbons (Fsp3) is 0.316. The summed E-state index contributed by atoms with van der Waals surface area (Å²) in [6, 6.07) is 13.5. The summed E-state index contributed by atoms with van der Waals surface area (Å²) in [5.41, 5.74) is 4.15. The zero-order chi connectivity index (χ0) is 16.3. The highest BCUT2D eigenvalue weighted by molar-refractivity contribution is 6.30. The van der Waals surface area contributed by atoms with Crippen LogP contribution in [0.4, 0.5) is 5.69 Å². The van der Waals surface area contributed by atoms with Crippen LogP contribution < -0.4 is 5.32 Å². The summed E-state index contributed by atoms with van der Waals surface area (Å²) in [7, 11) is 0. The second-order valence-corrected chi connectivity index (χ2v) is 6.45. The van der Waals surface area contributed by atoms with E-state index in [1.165, 1.54) is 5.56 Å². The number of aryl methyl sites for hydroxylation is 1. The summed E-state index contributed by atoms with van der Waals surface area (Å²) in [5, 5.41) is 3.76. The van der Waals surface area contributed by atoms with Gasteiger partial charge in [0.15, 0.2) is 0 Å². The minimum atomic E-state index is -0.197. The molecule has 2 aromatic carbocycles. The van der Waals surface area contributed by atoms with Crippen molar-refractivity contribution in [1.82, 2.24) is 0 Å². The molecule has 0 saturated heterocycles. The zero-order valence-electron chi connectivity index (χ0n) is 13.5. The molecule has 2 nitrogen and oxygen atoms in total. The monoisotopic (exact) mass is 315 g/mol. The van der Waals surface area contributed by atoms with Gasteiger partial charge in [0, 0.05) is 10.7 Å². The maximum atomic E-state index is 12.8. The van der Waals surface area contributed by atoms with Gasteiger partial charge in [0.1, 0.15) is 0 Å². The quantitative estimate of drug-likeness (QED) is 0.811. The van der Waals surface area contributed by atoms with E-state index in [2.05, 4.69) is 19.2 Å². The first kappa shape index (κ1) is 16.6. The molecule has 0 saturated carbocycles. The van der Waals surface area contributed by atoms with Crippen LogP contribution in [0.2, 0.25) is 5.02 Å². The lowest BCUT2D eigenvalue weighted by molar-refractivity contribution is -0.118. The first-order valence-electron chi connectivity index (χ1n) is 7.52. The third kappa shape index (κ3) is 3.69. The van der Waals surface area contributed by atoms with E-state index >= 15 is 0 Å². The first-order valence-corrected chi connectivity index (χ1v) is 7.90. The van der Waals surface area contributed by atoms with Gasteiger partial charge in [-0.15, -0.1) is 0 Å². The molecule has 0 aliphatic rings. The smallest absolute Gasteiger partial charge is 0.232 e. The van der Waals surface area contributed by atoms with E-state index in [0.717, 1.165) is 16.8 Å². The van der Waals surface area contributed by atoms with Gasteiger partial charge in [0.25, 0.3) is 0 Å². The fourth-order valence-electron chi connectivity index (χ4n) is 2.61. The Balaban J connectivity index is 2.27. The van der Waals surface area contributed by atoms with Gasteiger partial charge in [-0.25, -0.2) is 0 Å². The molecule has 1 atom stereocenters. The number of hydrogen-bond acceptors (Lipinski definition) is 1. The largest absolute Gasteiger partial charge is 0.325 e. The van der Waals surface area contributed by atoms with Crippen molar-refractivity contribution in [2.24, 2.45) is 5.92 Å². The van der Waals surface area contributed by atoms with Gasteiger partial charge in [-0.05, 0) is 54.7 Å². The number of hydrogen-bond donors (Lipinski definition) is 1. The van der Waals surface area contributed by atoms with Gasteiger partial charge in [-0.2, -0.15) is 0 Å². The average Bonchev–Trinajstić information content (AvgIpc) is 2.46. The molecule has 2 rings (SSSR count). The van der Waals surface area contributed by atoms with Crippen LogP contribution in [-0.4, -0.2) is 5.91 Å². The van der Waals surface area contributed by atoms with E-state index in [0.29, 0.717) is 5.02 Å². The second kappa shape index (κ2) is 6.97. The van der Waals surface area contributed by atoms with E-state index in [-0.39, 0.29) is 17.7 Å².